The molecule has 0 bridgehead atoms. The number of benzene rings is 1. The Labute approximate surface area is 191 Å². The fraction of sp³-hybridized carbons (Fsp3) is 0.538. The number of furan rings is 1. The van der Waals surface area contributed by atoms with E-state index < -0.39 is 0 Å². The predicted octanol–water partition coefficient (Wildman–Crippen LogP) is 5.41. The van der Waals surface area contributed by atoms with Crippen molar-refractivity contribution in [3.8, 4) is 0 Å². The van der Waals surface area contributed by atoms with Crippen LogP contribution < -0.4 is 15.5 Å². The molecule has 1 aliphatic carbocycles. The molecule has 1 aromatic carbocycles. The van der Waals surface area contributed by atoms with Crippen molar-refractivity contribution in [2.75, 3.05) is 24.3 Å². The molecule has 1 fully saturated rings. The summed E-state index contributed by atoms with van der Waals surface area (Å²) in [5, 5.41) is 8.43. The van der Waals surface area contributed by atoms with Gasteiger partial charge in [0, 0.05) is 49.1 Å². The topological polar surface area (TPSA) is 66.2 Å². The molecule has 1 aliphatic rings. The molecule has 3 aromatic rings. The number of fused-ring (bicyclic) bond motifs is 1. The number of para-hydroxylation sites is 1. The van der Waals surface area contributed by atoms with E-state index in [1.165, 1.54) is 5.56 Å². The lowest BCUT2D eigenvalue weighted by atomic mass is 9.91. The van der Waals surface area contributed by atoms with Crippen molar-refractivity contribution in [2.45, 2.75) is 77.4 Å². The van der Waals surface area contributed by atoms with Crippen LogP contribution in [0.3, 0.4) is 0 Å². The highest BCUT2D eigenvalue weighted by Crippen LogP contribution is 2.28. The smallest absolute Gasteiger partial charge is 0.225 e. The van der Waals surface area contributed by atoms with E-state index in [1.807, 2.05) is 26.2 Å². The van der Waals surface area contributed by atoms with Crippen molar-refractivity contribution >= 4 is 22.7 Å². The van der Waals surface area contributed by atoms with E-state index in [4.69, 9.17) is 14.4 Å². The largest absolute Gasteiger partial charge is 0.465 e. The molecule has 0 amide bonds. The van der Waals surface area contributed by atoms with E-state index >= 15 is 0 Å². The Hall–Kier alpha value is -2.60. The third-order valence-corrected chi connectivity index (χ3v) is 6.41. The maximum absolute atomic E-state index is 5.99. The Morgan fingerprint density at radius 3 is 2.38 bits per heavy atom. The van der Waals surface area contributed by atoms with Gasteiger partial charge >= 0.3 is 0 Å². The molecule has 6 heteroatoms. The minimum absolute atomic E-state index is 0.0457. The standard InChI is InChI=1S/C26H37N5O/c1-17-18(15-23(32-17)26(2,3)4)16-27-19-11-13-20(14-12-19)28-25-29-22-10-8-7-9-21(22)24(30-25)31(5)6/h7-10,15,19-20,27H,11-14,16H2,1-6H3,(H,28,29,30). The highest BCUT2D eigenvalue weighted by atomic mass is 16.3. The molecular formula is C26H37N5O. The van der Waals surface area contributed by atoms with Crippen LogP contribution in [0.25, 0.3) is 10.9 Å². The minimum atomic E-state index is 0.0457. The number of nitrogens with one attached hydrogen (secondary N) is 2. The lowest BCUT2D eigenvalue weighted by Crippen LogP contribution is -2.37. The van der Waals surface area contributed by atoms with Crippen LogP contribution in [0, 0.1) is 6.92 Å². The second-order valence-electron chi connectivity index (χ2n) is 10.3. The molecule has 2 heterocycles. The van der Waals surface area contributed by atoms with Gasteiger partial charge < -0.3 is 20.0 Å². The van der Waals surface area contributed by atoms with Crippen LogP contribution in [0.15, 0.2) is 34.7 Å². The monoisotopic (exact) mass is 435 g/mol. The molecule has 0 unspecified atom stereocenters. The number of anilines is 2. The van der Waals surface area contributed by atoms with Crippen LogP contribution in [0.1, 0.15) is 63.5 Å². The molecule has 4 rings (SSSR count). The lowest BCUT2D eigenvalue weighted by Gasteiger charge is -2.30. The SMILES string of the molecule is Cc1oc(C(C)(C)C)cc1CNC1CCC(Nc2nc(N(C)C)c3ccccc3n2)CC1. The van der Waals surface area contributed by atoms with Gasteiger partial charge in [-0.05, 0) is 50.8 Å². The number of aryl methyl sites for hydroxylation is 1. The molecule has 2 N–H and O–H groups in total. The summed E-state index contributed by atoms with van der Waals surface area (Å²) >= 11 is 0. The van der Waals surface area contributed by atoms with Crippen LogP contribution in [0.4, 0.5) is 11.8 Å². The number of rotatable bonds is 6. The second kappa shape index (κ2) is 9.10. The molecule has 0 spiro atoms. The Morgan fingerprint density at radius 1 is 1.03 bits per heavy atom. The first-order chi connectivity index (χ1) is 15.2. The van der Waals surface area contributed by atoms with Gasteiger partial charge in [0.05, 0.1) is 5.52 Å². The number of nitrogens with zero attached hydrogens (tertiary/aromatic N) is 3. The first kappa shape index (κ1) is 22.6. The Morgan fingerprint density at radius 2 is 1.72 bits per heavy atom. The van der Waals surface area contributed by atoms with Gasteiger partial charge in [-0.15, -0.1) is 0 Å². The zero-order valence-electron chi connectivity index (χ0n) is 20.3. The van der Waals surface area contributed by atoms with Crippen LogP contribution >= 0.6 is 0 Å². The van der Waals surface area contributed by atoms with Crippen molar-refractivity contribution < 1.29 is 4.42 Å². The van der Waals surface area contributed by atoms with E-state index in [0.29, 0.717) is 12.1 Å². The summed E-state index contributed by atoms with van der Waals surface area (Å²) in [7, 11) is 4.06. The maximum Gasteiger partial charge on any atom is 0.225 e. The molecular weight excluding hydrogens is 398 g/mol. The van der Waals surface area contributed by atoms with Crippen molar-refractivity contribution in [1.82, 2.24) is 15.3 Å². The number of aromatic nitrogens is 2. The Bertz CT molecular complexity index is 1060. The maximum atomic E-state index is 5.99. The number of hydrogen-bond donors (Lipinski definition) is 2. The molecule has 2 aromatic heterocycles. The highest BCUT2D eigenvalue weighted by molar-refractivity contribution is 5.90. The summed E-state index contributed by atoms with van der Waals surface area (Å²) in [6.45, 7) is 9.51. The average molecular weight is 436 g/mol. The zero-order valence-corrected chi connectivity index (χ0v) is 20.3. The van der Waals surface area contributed by atoms with Gasteiger partial charge in [0.1, 0.15) is 17.3 Å². The molecule has 172 valence electrons. The van der Waals surface area contributed by atoms with Gasteiger partial charge in [-0.3, -0.25) is 0 Å². The van der Waals surface area contributed by atoms with Gasteiger partial charge in [0.2, 0.25) is 5.95 Å². The van der Waals surface area contributed by atoms with E-state index in [9.17, 15) is 0 Å². The van der Waals surface area contributed by atoms with Crippen molar-refractivity contribution in [3.63, 3.8) is 0 Å². The fourth-order valence-electron chi connectivity index (χ4n) is 4.41. The second-order valence-corrected chi connectivity index (χ2v) is 10.3. The normalized spacial score (nSPS) is 19.3. The average Bonchev–Trinajstić information content (AvgIpc) is 3.13. The van der Waals surface area contributed by atoms with Gasteiger partial charge in [-0.25, -0.2) is 4.98 Å². The Balaban J connectivity index is 1.33. The van der Waals surface area contributed by atoms with Gasteiger partial charge in [0.15, 0.2) is 0 Å². The van der Waals surface area contributed by atoms with Crippen LogP contribution in [0.2, 0.25) is 0 Å². The van der Waals surface area contributed by atoms with Crippen LogP contribution in [0.5, 0.6) is 0 Å². The zero-order chi connectivity index (χ0) is 22.9. The Kier molecular flexibility index (Phi) is 6.42. The number of hydrogen-bond acceptors (Lipinski definition) is 6. The van der Waals surface area contributed by atoms with Crippen molar-refractivity contribution in [1.29, 1.82) is 0 Å². The molecule has 32 heavy (non-hydrogen) atoms. The third kappa shape index (κ3) is 5.07. The lowest BCUT2D eigenvalue weighted by molar-refractivity contribution is 0.350. The summed E-state index contributed by atoms with van der Waals surface area (Å²) in [6, 6.07) is 11.4. The molecule has 0 radical (unpaired) electrons. The molecule has 0 saturated heterocycles. The summed E-state index contributed by atoms with van der Waals surface area (Å²) < 4.78 is 5.99. The predicted molar refractivity (Wildman–Crippen MR) is 133 cm³/mol. The van der Waals surface area contributed by atoms with E-state index in [0.717, 1.165) is 66.4 Å². The summed E-state index contributed by atoms with van der Waals surface area (Å²) in [5.41, 5.74) is 2.30. The fourth-order valence-corrected chi connectivity index (χ4v) is 4.41. The highest BCUT2D eigenvalue weighted by Gasteiger charge is 2.24. The molecule has 1 saturated carbocycles. The summed E-state index contributed by atoms with van der Waals surface area (Å²) in [6.07, 6.45) is 4.52. The van der Waals surface area contributed by atoms with E-state index in [2.05, 4.69) is 61.4 Å². The van der Waals surface area contributed by atoms with Crippen LogP contribution in [-0.4, -0.2) is 36.1 Å². The molecule has 0 atom stereocenters. The van der Waals surface area contributed by atoms with E-state index in [1.54, 1.807) is 0 Å². The van der Waals surface area contributed by atoms with Crippen LogP contribution in [-0.2, 0) is 12.0 Å². The van der Waals surface area contributed by atoms with Crippen molar-refractivity contribution in [3.05, 3.63) is 47.4 Å². The van der Waals surface area contributed by atoms with Gasteiger partial charge in [-0.2, -0.15) is 4.98 Å². The first-order valence-electron chi connectivity index (χ1n) is 11.7. The minimum Gasteiger partial charge on any atom is -0.465 e. The first-order valence-corrected chi connectivity index (χ1v) is 11.7. The van der Waals surface area contributed by atoms with E-state index in [-0.39, 0.29) is 5.41 Å². The van der Waals surface area contributed by atoms with Gasteiger partial charge in [0.25, 0.3) is 0 Å². The quantitative estimate of drug-likeness (QED) is 0.540. The van der Waals surface area contributed by atoms with Crippen molar-refractivity contribution in [2.24, 2.45) is 0 Å². The third-order valence-electron chi connectivity index (χ3n) is 6.41. The van der Waals surface area contributed by atoms with Gasteiger partial charge in [-0.1, -0.05) is 32.9 Å². The molecule has 0 aliphatic heterocycles. The summed E-state index contributed by atoms with van der Waals surface area (Å²) in [5.74, 6) is 3.78. The summed E-state index contributed by atoms with van der Waals surface area (Å²) in [4.78, 5) is 11.6. The molecule has 6 nitrogen and oxygen atoms in total.